The maximum absolute atomic E-state index is 11.2. The lowest BCUT2D eigenvalue weighted by Crippen LogP contribution is -2.05. The van der Waals surface area contributed by atoms with Crippen LogP contribution in [0.2, 0.25) is 0 Å². The summed E-state index contributed by atoms with van der Waals surface area (Å²) in [6, 6.07) is 0. The molecule has 18 heavy (non-hydrogen) atoms. The highest BCUT2D eigenvalue weighted by Gasteiger charge is 2.24. The first-order chi connectivity index (χ1) is 8.41. The molecule has 0 atom stereocenters. The van der Waals surface area contributed by atoms with Gasteiger partial charge in [-0.15, -0.1) is 0 Å². The van der Waals surface area contributed by atoms with Crippen molar-refractivity contribution in [3.05, 3.63) is 20.1 Å². The van der Waals surface area contributed by atoms with Gasteiger partial charge < -0.3 is 15.3 Å². The van der Waals surface area contributed by atoms with E-state index < -0.39 is 17.5 Å². The number of rotatable bonds is 5. The smallest absolute Gasteiger partial charge is 0.339 e. The van der Waals surface area contributed by atoms with Crippen LogP contribution in [0, 0.1) is 0 Å². The van der Waals surface area contributed by atoms with Gasteiger partial charge in [0.25, 0.3) is 0 Å². The molecular weight excluding hydrogens is 368 g/mol. The third-order valence-electron chi connectivity index (χ3n) is 2.67. The van der Waals surface area contributed by atoms with Crippen molar-refractivity contribution < 1.29 is 20.1 Å². The molecule has 0 bridgehead atoms. The van der Waals surface area contributed by atoms with Crippen molar-refractivity contribution >= 4 is 37.8 Å². The number of hydrogen-bond acceptors (Lipinski definition) is 3. The number of aromatic hydroxyl groups is 2. The number of halogens is 2. The molecule has 0 aromatic heterocycles. The van der Waals surface area contributed by atoms with E-state index in [1.165, 1.54) is 0 Å². The molecule has 0 aliphatic rings. The average Bonchev–Trinajstić information content (AvgIpc) is 2.32. The number of phenolic OH excluding ortho intramolecular Hbond substituents is 1. The molecule has 0 radical (unpaired) electrons. The van der Waals surface area contributed by atoms with Gasteiger partial charge in [-0.3, -0.25) is 0 Å². The normalized spacial score (nSPS) is 10.6. The van der Waals surface area contributed by atoms with Crippen LogP contribution in [0.1, 0.15) is 42.1 Å². The van der Waals surface area contributed by atoms with Crippen LogP contribution >= 0.6 is 31.9 Å². The number of carboxylic acids is 1. The molecule has 4 nitrogen and oxygen atoms in total. The van der Waals surface area contributed by atoms with Crippen LogP contribution < -0.4 is 0 Å². The molecule has 6 heteroatoms. The van der Waals surface area contributed by atoms with E-state index in [4.69, 9.17) is 5.11 Å². The third kappa shape index (κ3) is 2.98. The second-order valence-electron chi connectivity index (χ2n) is 3.94. The Balaban J connectivity index is 3.32. The minimum atomic E-state index is -1.25. The average molecular weight is 382 g/mol. The number of hydrogen-bond donors (Lipinski definition) is 3. The van der Waals surface area contributed by atoms with Crippen LogP contribution in [0.5, 0.6) is 11.5 Å². The Morgan fingerprint density at radius 1 is 1.11 bits per heavy atom. The zero-order valence-corrected chi connectivity index (χ0v) is 13.0. The topological polar surface area (TPSA) is 77.8 Å². The SMILES string of the molecule is CCCCCc1c(Br)c(Br)c(O)c(O)c1C(=O)O. The standard InChI is InChI=1S/C12H14Br2O4/c1-2-3-4-5-6-7(12(17)18)10(15)11(16)9(14)8(6)13/h15-16H,2-5H2,1H3,(H,17,18). The Morgan fingerprint density at radius 3 is 2.22 bits per heavy atom. The van der Waals surface area contributed by atoms with Gasteiger partial charge >= 0.3 is 5.97 Å². The Bertz CT molecular complexity index is 472. The molecule has 1 aromatic rings. The van der Waals surface area contributed by atoms with Crippen molar-refractivity contribution in [1.82, 2.24) is 0 Å². The fourth-order valence-corrected chi connectivity index (χ4v) is 2.74. The molecule has 0 heterocycles. The Kier molecular flexibility index (Phi) is 5.47. The van der Waals surface area contributed by atoms with Gasteiger partial charge in [-0.25, -0.2) is 4.79 Å². The zero-order valence-electron chi connectivity index (χ0n) is 9.83. The van der Waals surface area contributed by atoms with Crippen LogP contribution in [-0.4, -0.2) is 21.3 Å². The summed E-state index contributed by atoms with van der Waals surface area (Å²) in [5.41, 5.74) is 0.261. The fraction of sp³-hybridized carbons (Fsp3) is 0.417. The van der Waals surface area contributed by atoms with Gasteiger partial charge in [0.05, 0.1) is 4.47 Å². The molecule has 0 aliphatic heterocycles. The molecule has 1 aromatic carbocycles. The quantitative estimate of drug-likeness (QED) is 0.531. The summed E-state index contributed by atoms with van der Waals surface area (Å²) in [6.45, 7) is 2.05. The lowest BCUT2D eigenvalue weighted by atomic mass is 10.00. The van der Waals surface area contributed by atoms with E-state index in [1.54, 1.807) is 0 Å². The number of unbranched alkanes of at least 4 members (excludes halogenated alkanes) is 2. The van der Waals surface area contributed by atoms with Crippen molar-refractivity contribution in [3.8, 4) is 11.5 Å². The number of phenols is 2. The fourth-order valence-electron chi connectivity index (χ4n) is 1.73. The molecule has 1 rings (SSSR count). The number of carboxylic acid groups (broad SMARTS) is 1. The van der Waals surface area contributed by atoms with Gasteiger partial charge in [0.1, 0.15) is 5.56 Å². The van der Waals surface area contributed by atoms with Crippen LogP contribution in [0.4, 0.5) is 0 Å². The zero-order chi connectivity index (χ0) is 13.9. The Hall–Kier alpha value is -0.750. The minimum absolute atomic E-state index is 0.237. The molecule has 0 unspecified atom stereocenters. The van der Waals surface area contributed by atoms with Gasteiger partial charge in [0, 0.05) is 4.47 Å². The molecular formula is C12H14Br2O4. The lowest BCUT2D eigenvalue weighted by molar-refractivity contribution is 0.0691. The molecule has 0 spiro atoms. The molecule has 3 N–H and O–H groups in total. The van der Waals surface area contributed by atoms with E-state index in [0.29, 0.717) is 16.5 Å². The van der Waals surface area contributed by atoms with Crippen molar-refractivity contribution in [1.29, 1.82) is 0 Å². The van der Waals surface area contributed by atoms with Gasteiger partial charge in [-0.2, -0.15) is 0 Å². The number of benzene rings is 1. The number of carbonyl (C=O) groups is 1. The van der Waals surface area contributed by atoms with Crippen LogP contribution in [0.3, 0.4) is 0 Å². The van der Waals surface area contributed by atoms with Crippen LogP contribution in [0.25, 0.3) is 0 Å². The van der Waals surface area contributed by atoms with Gasteiger partial charge in [0.2, 0.25) is 0 Å². The molecule has 0 saturated carbocycles. The second kappa shape index (κ2) is 6.43. The Labute approximate surface area is 122 Å². The summed E-state index contributed by atoms with van der Waals surface area (Å²) in [7, 11) is 0. The van der Waals surface area contributed by atoms with Crippen molar-refractivity contribution in [2.24, 2.45) is 0 Å². The van der Waals surface area contributed by atoms with Gasteiger partial charge in [-0.05, 0) is 50.3 Å². The highest BCUT2D eigenvalue weighted by molar-refractivity contribution is 9.13. The first-order valence-corrected chi connectivity index (χ1v) is 7.15. The summed E-state index contributed by atoms with van der Waals surface area (Å²) in [5.74, 6) is -2.30. The molecule has 0 saturated heterocycles. The van der Waals surface area contributed by atoms with Gasteiger partial charge in [0.15, 0.2) is 11.5 Å². The Morgan fingerprint density at radius 2 is 1.72 bits per heavy atom. The van der Waals surface area contributed by atoms with Crippen molar-refractivity contribution in [2.75, 3.05) is 0 Å². The van der Waals surface area contributed by atoms with E-state index in [2.05, 4.69) is 38.8 Å². The van der Waals surface area contributed by atoms with E-state index in [1.807, 2.05) is 0 Å². The maximum Gasteiger partial charge on any atom is 0.339 e. The molecule has 0 amide bonds. The summed E-state index contributed by atoms with van der Waals surface area (Å²) < 4.78 is 0.753. The molecule has 0 aliphatic carbocycles. The highest BCUT2D eigenvalue weighted by Crippen LogP contribution is 2.44. The minimum Gasteiger partial charge on any atom is -0.504 e. The summed E-state index contributed by atoms with van der Waals surface area (Å²) in [4.78, 5) is 11.2. The van der Waals surface area contributed by atoms with E-state index >= 15 is 0 Å². The first kappa shape index (κ1) is 15.3. The third-order valence-corrected chi connectivity index (χ3v) is 4.85. The van der Waals surface area contributed by atoms with Crippen molar-refractivity contribution in [3.63, 3.8) is 0 Å². The number of aromatic carboxylic acids is 1. The summed E-state index contributed by atoms with van der Waals surface area (Å²) >= 11 is 6.38. The van der Waals surface area contributed by atoms with Crippen LogP contribution in [0.15, 0.2) is 8.95 Å². The second-order valence-corrected chi connectivity index (χ2v) is 5.53. The molecule has 100 valence electrons. The molecule has 0 fully saturated rings. The monoisotopic (exact) mass is 380 g/mol. The predicted molar refractivity (Wildman–Crippen MR) is 75.4 cm³/mol. The lowest BCUT2D eigenvalue weighted by Gasteiger charge is -2.14. The van der Waals surface area contributed by atoms with Gasteiger partial charge in [-0.1, -0.05) is 19.8 Å². The van der Waals surface area contributed by atoms with E-state index in [0.717, 1.165) is 19.3 Å². The summed E-state index contributed by atoms with van der Waals surface area (Å²) in [5, 5.41) is 28.5. The van der Waals surface area contributed by atoms with E-state index in [9.17, 15) is 15.0 Å². The predicted octanol–water partition coefficient (Wildman–Crippen LogP) is 4.05. The van der Waals surface area contributed by atoms with E-state index in [-0.39, 0.29) is 10.0 Å². The summed E-state index contributed by atoms with van der Waals surface area (Å²) in [6.07, 6.45) is 3.35. The largest absolute Gasteiger partial charge is 0.504 e. The maximum atomic E-state index is 11.2. The highest BCUT2D eigenvalue weighted by atomic mass is 79.9. The first-order valence-electron chi connectivity index (χ1n) is 5.56. The van der Waals surface area contributed by atoms with Crippen LogP contribution in [-0.2, 0) is 6.42 Å². The van der Waals surface area contributed by atoms with Crippen molar-refractivity contribution in [2.45, 2.75) is 32.6 Å².